The topological polar surface area (TPSA) is 81.1 Å². The Morgan fingerprint density at radius 1 is 1.21 bits per heavy atom. The van der Waals surface area contributed by atoms with Crippen LogP contribution in [0, 0.1) is 6.92 Å². The van der Waals surface area contributed by atoms with Crippen LogP contribution in [0.25, 0.3) is 0 Å². The van der Waals surface area contributed by atoms with E-state index in [0.717, 1.165) is 61.6 Å². The molecule has 29 heavy (non-hydrogen) atoms. The first-order valence-electron chi connectivity index (χ1n) is 9.83. The molecule has 160 valence electrons. The van der Waals surface area contributed by atoms with Gasteiger partial charge < -0.3 is 11.5 Å². The van der Waals surface area contributed by atoms with Gasteiger partial charge in [-0.15, -0.1) is 24.8 Å². The Kier molecular flexibility index (Phi) is 8.16. The number of aryl methyl sites for hydroxylation is 1. The lowest BCUT2D eigenvalue weighted by Gasteiger charge is -2.44. The summed E-state index contributed by atoms with van der Waals surface area (Å²) in [5, 5.41) is 0.796. The van der Waals surface area contributed by atoms with E-state index in [-0.39, 0.29) is 30.2 Å². The second-order valence-electron chi connectivity index (χ2n) is 8.04. The lowest BCUT2D eigenvalue weighted by atomic mass is 9.68. The number of aromatic nitrogens is 2. The lowest BCUT2D eigenvalue weighted by Crippen LogP contribution is -2.47. The van der Waals surface area contributed by atoms with Crippen molar-refractivity contribution in [2.75, 3.05) is 18.8 Å². The molecule has 1 aromatic carbocycles. The quantitative estimate of drug-likeness (QED) is 0.725. The number of fused-ring (bicyclic) bond motifs is 1. The van der Waals surface area contributed by atoms with Gasteiger partial charge in [-0.2, -0.15) is 0 Å². The summed E-state index contributed by atoms with van der Waals surface area (Å²) in [5.41, 5.74) is 16.8. The van der Waals surface area contributed by atoms with E-state index in [1.807, 2.05) is 19.1 Å². The van der Waals surface area contributed by atoms with Gasteiger partial charge in [0.1, 0.15) is 0 Å². The van der Waals surface area contributed by atoms with Gasteiger partial charge in [-0.05, 0) is 50.3 Å². The number of nitrogens with two attached hydrogens (primary N) is 2. The Morgan fingerprint density at radius 3 is 2.59 bits per heavy atom. The Morgan fingerprint density at radius 2 is 1.93 bits per heavy atom. The molecule has 0 amide bonds. The third-order valence-corrected chi connectivity index (χ3v) is 6.81. The molecule has 5 nitrogen and oxygen atoms in total. The molecule has 1 aliphatic heterocycles. The predicted molar refractivity (Wildman–Crippen MR) is 124 cm³/mol. The minimum absolute atomic E-state index is 0. The van der Waals surface area contributed by atoms with Crippen LogP contribution in [0.2, 0.25) is 5.02 Å². The normalized spacial score (nSPS) is 24.2. The number of hydrogen-bond acceptors (Lipinski definition) is 5. The fourth-order valence-electron chi connectivity index (χ4n) is 4.88. The first-order chi connectivity index (χ1) is 13.0. The molecule has 0 saturated heterocycles. The van der Waals surface area contributed by atoms with E-state index < -0.39 is 0 Å². The summed E-state index contributed by atoms with van der Waals surface area (Å²) in [4.78, 5) is 11.4. The zero-order valence-corrected chi connectivity index (χ0v) is 19.1. The maximum atomic E-state index is 6.26. The number of benzene rings is 1. The third-order valence-electron chi connectivity index (χ3n) is 6.57. The first kappa shape index (κ1) is 24.2. The van der Waals surface area contributed by atoms with Gasteiger partial charge in [0.05, 0.1) is 5.69 Å². The molecule has 0 unspecified atom stereocenters. The van der Waals surface area contributed by atoms with Crippen molar-refractivity contribution in [1.82, 2.24) is 14.9 Å². The summed E-state index contributed by atoms with van der Waals surface area (Å²) in [6.45, 7) is 4.69. The van der Waals surface area contributed by atoms with Gasteiger partial charge in [-0.25, -0.2) is 9.97 Å². The molecule has 2 heterocycles. The van der Waals surface area contributed by atoms with Gasteiger partial charge in [0.2, 0.25) is 5.95 Å². The van der Waals surface area contributed by atoms with Crippen molar-refractivity contribution in [1.29, 1.82) is 0 Å². The number of hydrogen-bond donors (Lipinski definition) is 2. The molecular formula is C21H30Cl3N5. The van der Waals surface area contributed by atoms with Crippen LogP contribution in [-0.2, 0) is 18.4 Å². The summed E-state index contributed by atoms with van der Waals surface area (Å²) in [6, 6.07) is 8.84. The molecule has 1 saturated carbocycles. The van der Waals surface area contributed by atoms with Crippen LogP contribution in [-0.4, -0.2) is 34.0 Å². The van der Waals surface area contributed by atoms with Gasteiger partial charge in [0.15, 0.2) is 0 Å². The average Bonchev–Trinajstić information content (AvgIpc) is 2.68. The Balaban J connectivity index is 0.00000150. The SMILES string of the molecule is Cc1nc(N)nc2c1CN(C1CCC(CN)(c3cccc(Cl)c3)CC1)CC2.Cl.Cl. The second kappa shape index (κ2) is 9.80. The minimum Gasteiger partial charge on any atom is -0.368 e. The van der Waals surface area contributed by atoms with Crippen LogP contribution < -0.4 is 11.5 Å². The lowest BCUT2D eigenvalue weighted by molar-refractivity contribution is 0.112. The molecule has 2 aliphatic rings. The van der Waals surface area contributed by atoms with E-state index in [0.29, 0.717) is 18.5 Å². The highest BCUT2D eigenvalue weighted by molar-refractivity contribution is 6.30. The van der Waals surface area contributed by atoms with Gasteiger partial charge in [0.25, 0.3) is 0 Å². The Labute approximate surface area is 190 Å². The maximum absolute atomic E-state index is 6.26. The highest BCUT2D eigenvalue weighted by atomic mass is 35.5. The summed E-state index contributed by atoms with van der Waals surface area (Å²) < 4.78 is 0. The van der Waals surface area contributed by atoms with Crippen molar-refractivity contribution >= 4 is 42.4 Å². The van der Waals surface area contributed by atoms with Crippen molar-refractivity contribution in [2.24, 2.45) is 5.73 Å². The molecule has 0 spiro atoms. The van der Waals surface area contributed by atoms with Crippen LogP contribution in [0.3, 0.4) is 0 Å². The van der Waals surface area contributed by atoms with Gasteiger partial charge >= 0.3 is 0 Å². The molecule has 0 radical (unpaired) electrons. The molecule has 0 atom stereocenters. The monoisotopic (exact) mass is 457 g/mol. The van der Waals surface area contributed by atoms with Crippen molar-refractivity contribution < 1.29 is 0 Å². The summed E-state index contributed by atoms with van der Waals surface area (Å²) in [7, 11) is 0. The average molecular weight is 459 g/mol. The number of halogens is 3. The van der Waals surface area contributed by atoms with E-state index >= 15 is 0 Å². The standard InChI is InChI=1S/C21H28ClN5.2ClH/c1-14-18-12-27(10-7-19(18)26-20(24)25-14)17-5-8-21(13-23,9-6-17)15-3-2-4-16(22)11-15;;/h2-4,11,17H,5-10,12-13,23H2,1H3,(H2,24,25,26);2*1H. The summed E-state index contributed by atoms with van der Waals surface area (Å²) >= 11 is 6.24. The zero-order valence-electron chi connectivity index (χ0n) is 16.7. The largest absolute Gasteiger partial charge is 0.368 e. The summed E-state index contributed by atoms with van der Waals surface area (Å²) in [6.07, 6.45) is 5.49. The smallest absolute Gasteiger partial charge is 0.220 e. The second-order valence-corrected chi connectivity index (χ2v) is 8.48. The van der Waals surface area contributed by atoms with Crippen LogP contribution in [0.15, 0.2) is 24.3 Å². The maximum Gasteiger partial charge on any atom is 0.220 e. The summed E-state index contributed by atoms with van der Waals surface area (Å²) in [5.74, 6) is 0.395. The molecule has 8 heteroatoms. The zero-order chi connectivity index (χ0) is 19.0. The Hall–Kier alpha value is -1.11. The molecule has 1 aliphatic carbocycles. The number of nitrogens with zero attached hydrogens (tertiary/aromatic N) is 3. The van der Waals surface area contributed by atoms with Crippen molar-refractivity contribution in [3.05, 3.63) is 51.8 Å². The highest BCUT2D eigenvalue weighted by Crippen LogP contribution is 2.41. The van der Waals surface area contributed by atoms with E-state index in [1.165, 1.54) is 11.1 Å². The van der Waals surface area contributed by atoms with Gasteiger partial charge in [-0.3, -0.25) is 4.90 Å². The van der Waals surface area contributed by atoms with E-state index in [4.69, 9.17) is 23.1 Å². The number of anilines is 1. The predicted octanol–water partition coefficient (Wildman–Crippen LogP) is 4.06. The van der Waals surface area contributed by atoms with Crippen LogP contribution >= 0.6 is 36.4 Å². The molecule has 1 fully saturated rings. The van der Waals surface area contributed by atoms with Crippen LogP contribution in [0.5, 0.6) is 0 Å². The molecule has 1 aromatic heterocycles. The molecule has 4 N–H and O–H groups in total. The van der Waals surface area contributed by atoms with E-state index in [9.17, 15) is 0 Å². The minimum atomic E-state index is 0. The van der Waals surface area contributed by atoms with Crippen molar-refractivity contribution in [2.45, 2.75) is 57.0 Å². The fraction of sp³-hybridized carbons (Fsp3) is 0.524. The third kappa shape index (κ3) is 4.80. The van der Waals surface area contributed by atoms with E-state index in [2.05, 4.69) is 27.0 Å². The highest BCUT2D eigenvalue weighted by Gasteiger charge is 2.38. The molecular weight excluding hydrogens is 429 g/mol. The van der Waals surface area contributed by atoms with Crippen molar-refractivity contribution in [3.8, 4) is 0 Å². The number of nitrogen functional groups attached to an aromatic ring is 1. The van der Waals surface area contributed by atoms with Gasteiger partial charge in [0, 0.05) is 53.8 Å². The molecule has 4 rings (SSSR count). The van der Waals surface area contributed by atoms with E-state index in [1.54, 1.807) is 0 Å². The van der Waals surface area contributed by atoms with Crippen molar-refractivity contribution in [3.63, 3.8) is 0 Å². The van der Waals surface area contributed by atoms with Gasteiger partial charge in [-0.1, -0.05) is 23.7 Å². The molecule has 0 bridgehead atoms. The van der Waals surface area contributed by atoms with Crippen LogP contribution in [0.4, 0.5) is 5.95 Å². The fourth-order valence-corrected chi connectivity index (χ4v) is 5.07. The molecule has 2 aromatic rings. The first-order valence-corrected chi connectivity index (χ1v) is 10.2. The van der Waals surface area contributed by atoms with Crippen LogP contribution in [0.1, 0.15) is 48.2 Å². The Bertz CT molecular complexity index is 837. The number of rotatable bonds is 3.